The molecule has 0 saturated carbocycles. The standard InChI is InChI=1S/C13H12F/c1-2-5-10-6-3-8-12-11(10)7-4-9-13(12)14/h3-4,6-9H,1-2,5H2. The van der Waals surface area contributed by atoms with Crippen LogP contribution in [-0.4, -0.2) is 0 Å². The van der Waals surface area contributed by atoms with E-state index in [0.717, 1.165) is 18.2 Å². The van der Waals surface area contributed by atoms with E-state index < -0.39 is 0 Å². The molecule has 0 aromatic heterocycles. The van der Waals surface area contributed by atoms with Crippen LogP contribution in [0.1, 0.15) is 12.0 Å². The van der Waals surface area contributed by atoms with Crippen LogP contribution in [-0.2, 0) is 6.42 Å². The molecule has 0 fully saturated rings. The summed E-state index contributed by atoms with van der Waals surface area (Å²) in [6.45, 7) is 3.82. The minimum absolute atomic E-state index is 0.145. The maximum absolute atomic E-state index is 13.4. The van der Waals surface area contributed by atoms with Crippen molar-refractivity contribution in [1.82, 2.24) is 0 Å². The van der Waals surface area contributed by atoms with Crippen molar-refractivity contribution in [3.05, 3.63) is 54.7 Å². The molecular weight excluding hydrogens is 175 g/mol. The van der Waals surface area contributed by atoms with Gasteiger partial charge in [-0.2, -0.15) is 0 Å². The Bertz CT molecular complexity index is 446. The number of hydrogen-bond acceptors (Lipinski definition) is 0. The van der Waals surface area contributed by atoms with Crippen molar-refractivity contribution >= 4 is 10.8 Å². The summed E-state index contributed by atoms with van der Waals surface area (Å²) in [4.78, 5) is 0. The Kier molecular flexibility index (Phi) is 2.49. The molecule has 2 aromatic rings. The van der Waals surface area contributed by atoms with Crippen LogP contribution >= 0.6 is 0 Å². The molecule has 0 aliphatic carbocycles. The van der Waals surface area contributed by atoms with Crippen molar-refractivity contribution in [3.63, 3.8) is 0 Å². The van der Waals surface area contributed by atoms with Crippen molar-refractivity contribution in [2.45, 2.75) is 12.8 Å². The zero-order valence-electron chi connectivity index (χ0n) is 7.96. The predicted octanol–water partition coefficient (Wildman–Crippen LogP) is 3.75. The summed E-state index contributed by atoms with van der Waals surface area (Å²) >= 11 is 0. The molecule has 71 valence electrons. The van der Waals surface area contributed by atoms with Gasteiger partial charge < -0.3 is 0 Å². The lowest BCUT2D eigenvalue weighted by molar-refractivity contribution is 0.640. The van der Waals surface area contributed by atoms with Crippen LogP contribution in [0.2, 0.25) is 0 Å². The smallest absolute Gasteiger partial charge is 0.131 e. The summed E-state index contributed by atoms with van der Waals surface area (Å²) in [5.41, 5.74) is 1.18. The summed E-state index contributed by atoms with van der Waals surface area (Å²) in [6.07, 6.45) is 1.75. The van der Waals surface area contributed by atoms with Gasteiger partial charge in [0.2, 0.25) is 0 Å². The first-order chi connectivity index (χ1) is 6.83. The molecule has 0 N–H and O–H groups in total. The van der Waals surface area contributed by atoms with Crippen LogP contribution in [0.25, 0.3) is 10.8 Å². The SMILES string of the molecule is [CH2]CCc1cccc2c(F)cccc12. The second-order valence-corrected chi connectivity index (χ2v) is 3.36. The first-order valence-corrected chi connectivity index (χ1v) is 4.78. The van der Waals surface area contributed by atoms with Gasteiger partial charge in [0.25, 0.3) is 0 Å². The van der Waals surface area contributed by atoms with Gasteiger partial charge in [-0.25, -0.2) is 4.39 Å². The number of rotatable bonds is 2. The fourth-order valence-electron chi connectivity index (χ4n) is 1.75. The van der Waals surface area contributed by atoms with Gasteiger partial charge in [-0.05, 0) is 29.9 Å². The molecule has 0 heterocycles. The highest BCUT2D eigenvalue weighted by Crippen LogP contribution is 2.22. The van der Waals surface area contributed by atoms with Crippen LogP contribution in [0.4, 0.5) is 4.39 Å². The number of halogens is 1. The normalized spacial score (nSPS) is 10.7. The maximum atomic E-state index is 13.4. The van der Waals surface area contributed by atoms with Gasteiger partial charge in [0.15, 0.2) is 0 Å². The summed E-state index contributed by atoms with van der Waals surface area (Å²) < 4.78 is 13.4. The highest BCUT2D eigenvalue weighted by atomic mass is 19.1. The van der Waals surface area contributed by atoms with E-state index in [9.17, 15) is 4.39 Å². The molecule has 0 bridgehead atoms. The quantitative estimate of drug-likeness (QED) is 0.671. The lowest BCUT2D eigenvalue weighted by Crippen LogP contribution is -1.87. The average Bonchev–Trinajstić information content (AvgIpc) is 2.20. The van der Waals surface area contributed by atoms with Crippen LogP contribution in [0.15, 0.2) is 36.4 Å². The molecule has 0 unspecified atom stereocenters. The van der Waals surface area contributed by atoms with E-state index >= 15 is 0 Å². The zero-order chi connectivity index (χ0) is 9.97. The van der Waals surface area contributed by atoms with E-state index in [1.54, 1.807) is 6.07 Å². The number of aryl methyl sites for hydroxylation is 1. The van der Waals surface area contributed by atoms with Crippen LogP contribution in [0.5, 0.6) is 0 Å². The van der Waals surface area contributed by atoms with Gasteiger partial charge in [-0.3, -0.25) is 0 Å². The molecule has 1 radical (unpaired) electrons. The molecule has 0 aliphatic heterocycles. The summed E-state index contributed by atoms with van der Waals surface area (Å²) in [7, 11) is 0. The first-order valence-electron chi connectivity index (χ1n) is 4.78. The second-order valence-electron chi connectivity index (χ2n) is 3.36. The third kappa shape index (κ3) is 1.50. The summed E-state index contributed by atoms with van der Waals surface area (Å²) in [5.74, 6) is -0.145. The number of benzene rings is 2. The fourth-order valence-corrected chi connectivity index (χ4v) is 1.75. The number of hydrogen-bond donors (Lipinski definition) is 0. The Morgan fingerprint density at radius 2 is 1.71 bits per heavy atom. The Balaban J connectivity index is 2.68. The minimum atomic E-state index is -0.145. The number of fused-ring (bicyclic) bond motifs is 1. The van der Waals surface area contributed by atoms with Crippen molar-refractivity contribution in [1.29, 1.82) is 0 Å². The minimum Gasteiger partial charge on any atom is -0.206 e. The molecule has 0 aliphatic rings. The van der Waals surface area contributed by atoms with Crippen molar-refractivity contribution < 1.29 is 4.39 Å². The Morgan fingerprint density at radius 1 is 1.00 bits per heavy atom. The molecule has 2 aromatic carbocycles. The zero-order valence-corrected chi connectivity index (χ0v) is 7.96. The second kappa shape index (κ2) is 3.79. The van der Waals surface area contributed by atoms with Gasteiger partial charge in [-0.15, -0.1) is 0 Å². The molecule has 0 amide bonds. The average molecular weight is 187 g/mol. The highest BCUT2D eigenvalue weighted by Gasteiger charge is 2.02. The van der Waals surface area contributed by atoms with Crippen molar-refractivity contribution in [3.8, 4) is 0 Å². The van der Waals surface area contributed by atoms with Gasteiger partial charge in [0.1, 0.15) is 5.82 Å². The molecule has 1 heteroatoms. The molecule has 0 spiro atoms. The van der Waals surface area contributed by atoms with Crippen LogP contribution in [0.3, 0.4) is 0 Å². The molecule has 14 heavy (non-hydrogen) atoms. The monoisotopic (exact) mass is 187 g/mol. The van der Waals surface area contributed by atoms with Crippen molar-refractivity contribution in [2.24, 2.45) is 0 Å². The Labute approximate surface area is 83.4 Å². The lowest BCUT2D eigenvalue weighted by Gasteiger charge is -2.05. The predicted molar refractivity (Wildman–Crippen MR) is 57.6 cm³/mol. The topological polar surface area (TPSA) is 0 Å². The van der Waals surface area contributed by atoms with Gasteiger partial charge in [0, 0.05) is 5.39 Å². The summed E-state index contributed by atoms with van der Waals surface area (Å²) in [5, 5.41) is 1.72. The van der Waals surface area contributed by atoms with Gasteiger partial charge in [-0.1, -0.05) is 37.3 Å². The molecule has 0 atom stereocenters. The van der Waals surface area contributed by atoms with E-state index in [4.69, 9.17) is 0 Å². The van der Waals surface area contributed by atoms with Crippen LogP contribution in [0, 0.1) is 12.7 Å². The van der Waals surface area contributed by atoms with E-state index in [-0.39, 0.29) is 5.82 Å². The molecule has 2 rings (SSSR count). The van der Waals surface area contributed by atoms with Gasteiger partial charge in [0.05, 0.1) is 0 Å². The summed E-state index contributed by atoms with van der Waals surface area (Å²) in [6, 6.07) is 11.0. The van der Waals surface area contributed by atoms with Crippen LogP contribution < -0.4 is 0 Å². The van der Waals surface area contributed by atoms with Gasteiger partial charge >= 0.3 is 0 Å². The highest BCUT2D eigenvalue weighted by molar-refractivity contribution is 5.86. The maximum Gasteiger partial charge on any atom is 0.131 e. The van der Waals surface area contributed by atoms with E-state index in [1.807, 2.05) is 24.3 Å². The van der Waals surface area contributed by atoms with E-state index in [0.29, 0.717) is 5.39 Å². The molecular formula is C13H12F. The fraction of sp³-hybridized carbons (Fsp3) is 0.154. The van der Waals surface area contributed by atoms with E-state index in [1.165, 1.54) is 11.6 Å². The lowest BCUT2D eigenvalue weighted by atomic mass is 10.0. The first kappa shape index (κ1) is 9.20. The third-order valence-electron chi connectivity index (χ3n) is 2.41. The molecule has 0 nitrogen and oxygen atoms in total. The van der Waals surface area contributed by atoms with E-state index in [2.05, 4.69) is 6.92 Å². The Morgan fingerprint density at radius 3 is 2.50 bits per heavy atom. The van der Waals surface area contributed by atoms with Crippen molar-refractivity contribution in [2.75, 3.05) is 0 Å². The molecule has 0 saturated heterocycles. The largest absolute Gasteiger partial charge is 0.206 e. The third-order valence-corrected chi connectivity index (χ3v) is 2.41. The Hall–Kier alpha value is -1.37.